The van der Waals surface area contributed by atoms with Gasteiger partial charge in [-0.05, 0) is 50.6 Å². The molecule has 1 aromatic rings. The number of amides is 3. The van der Waals surface area contributed by atoms with Gasteiger partial charge in [-0.2, -0.15) is 0 Å². The van der Waals surface area contributed by atoms with E-state index >= 15 is 0 Å². The Hall–Kier alpha value is -2.74. The SMILES string of the molecule is CN(C(=O)c1cc(OC2CCNCC2)ccc1C=O)C1CCC(=O)NC1=O. The second-order valence-electron chi connectivity index (χ2n) is 6.82. The van der Waals surface area contributed by atoms with Crippen LogP contribution in [0.25, 0.3) is 0 Å². The molecule has 1 aromatic carbocycles. The van der Waals surface area contributed by atoms with Gasteiger partial charge in [0.1, 0.15) is 17.9 Å². The molecule has 2 saturated heterocycles. The van der Waals surface area contributed by atoms with Gasteiger partial charge in [-0.15, -0.1) is 0 Å². The van der Waals surface area contributed by atoms with Gasteiger partial charge in [0.2, 0.25) is 11.8 Å². The van der Waals surface area contributed by atoms with E-state index in [1.807, 2.05) is 0 Å². The first-order valence-corrected chi connectivity index (χ1v) is 9.07. The molecule has 144 valence electrons. The fraction of sp³-hybridized carbons (Fsp3) is 0.474. The summed E-state index contributed by atoms with van der Waals surface area (Å²) in [5, 5.41) is 5.50. The van der Waals surface area contributed by atoms with E-state index in [0.717, 1.165) is 25.9 Å². The maximum atomic E-state index is 12.9. The number of aldehydes is 1. The Kier molecular flexibility index (Phi) is 5.85. The van der Waals surface area contributed by atoms with Gasteiger partial charge in [-0.25, -0.2) is 0 Å². The Bertz CT molecular complexity index is 758. The highest BCUT2D eigenvalue weighted by molar-refractivity contribution is 6.06. The number of carbonyl (C=O) groups excluding carboxylic acids is 4. The van der Waals surface area contributed by atoms with Crippen molar-refractivity contribution in [3.8, 4) is 5.75 Å². The molecule has 3 rings (SSSR count). The monoisotopic (exact) mass is 373 g/mol. The van der Waals surface area contributed by atoms with Crippen LogP contribution < -0.4 is 15.4 Å². The van der Waals surface area contributed by atoms with Crippen LogP contribution in [0.4, 0.5) is 0 Å². The van der Waals surface area contributed by atoms with Crippen molar-refractivity contribution in [1.82, 2.24) is 15.5 Å². The Balaban J connectivity index is 1.79. The Morgan fingerprint density at radius 1 is 1.22 bits per heavy atom. The molecule has 2 heterocycles. The predicted octanol–water partition coefficient (Wildman–Crippen LogP) is 0.507. The molecule has 3 amide bonds. The Labute approximate surface area is 157 Å². The lowest BCUT2D eigenvalue weighted by Crippen LogP contribution is -2.53. The van der Waals surface area contributed by atoms with Crippen molar-refractivity contribution in [1.29, 1.82) is 0 Å². The third-order valence-electron chi connectivity index (χ3n) is 4.97. The largest absolute Gasteiger partial charge is 0.490 e. The van der Waals surface area contributed by atoms with Gasteiger partial charge >= 0.3 is 0 Å². The number of nitrogens with one attached hydrogen (secondary N) is 2. The molecule has 0 radical (unpaired) electrons. The maximum absolute atomic E-state index is 12.9. The van der Waals surface area contributed by atoms with Gasteiger partial charge in [0.15, 0.2) is 6.29 Å². The molecule has 0 bridgehead atoms. The van der Waals surface area contributed by atoms with Gasteiger partial charge in [-0.1, -0.05) is 0 Å². The van der Waals surface area contributed by atoms with Gasteiger partial charge in [-0.3, -0.25) is 24.5 Å². The normalized spacial score (nSPS) is 20.7. The minimum Gasteiger partial charge on any atom is -0.490 e. The molecule has 0 aromatic heterocycles. The lowest BCUT2D eigenvalue weighted by atomic mass is 10.0. The Morgan fingerprint density at radius 2 is 1.96 bits per heavy atom. The molecule has 0 saturated carbocycles. The number of rotatable bonds is 5. The molecule has 8 nitrogen and oxygen atoms in total. The summed E-state index contributed by atoms with van der Waals surface area (Å²) in [6.07, 6.45) is 2.84. The lowest BCUT2D eigenvalue weighted by Gasteiger charge is -2.30. The molecule has 2 N–H and O–H groups in total. The summed E-state index contributed by atoms with van der Waals surface area (Å²) in [5.41, 5.74) is 0.417. The van der Waals surface area contributed by atoms with Crippen LogP contribution in [0, 0.1) is 0 Å². The van der Waals surface area contributed by atoms with E-state index < -0.39 is 17.9 Å². The summed E-state index contributed by atoms with van der Waals surface area (Å²) < 4.78 is 5.96. The van der Waals surface area contributed by atoms with Gasteiger partial charge in [0.25, 0.3) is 5.91 Å². The third kappa shape index (κ3) is 4.33. The van der Waals surface area contributed by atoms with E-state index in [0.29, 0.717) is 12.0 Å². The molecule has 0 aliphatic carbocycles. The Morgan fingerprint density at radius 3 is 2.63 bits per heavy atom. The first-order chi connectivity index (χ1) is 13.0. The lowest BCUT2D eigenvalue weighted by molar-refractivity contribution is -0.136. The molecular formula is C19H23N3O5. The fourth-order valence-corrected chi connectivity index (χ4v) is 3.39. The van der Waals surface area contributed by atoms with Crippen molar-refractivity contribution < 1.29 is 23.9 Å². The van der Waals surface area contributed by atoms with Crippen molar-refractivity contribution in [3.63, 3.8) is 0 Å². The summed E-state index contributed by atoms with van der Waals surface area (Å²) in [7, 11) is 1.50. The second kappa shape index (κ2) is 8.30. The van der Waals surface area contributed by atoms with E-state index in [1.165, 1.54) is 11.9 Å². The quantitative estimate of drug-likeness (QED) is 0.576. The number of hydrogen-bond acceptors (Lipinski definition) is 6. The van der Waals surface area contributed by atoms with Crippen LogP contribution in [-0.4, -0.2) is 61.2 Å². The van der Waals surface area contributed by atoms with Crippen molar-refractivity contribution in [2.75, 3.05) is 20.1 Å². The van der Waals surface area contributed by atoms with E-state index in [1.54, 1.807) is 18.2 Å². The van der Waals surface area contributed by atoms with Crippen LogP contribution in [-0.2, 0) is 9.59 Å². The van der Waals surface area contributed by atoms with Crippen LogP contribution in [0.5, 0.6) is 5.75 Å². The minimum absolute atomic E-state index is 0.0594. The van der Waals surface area contributed by atoms with Gasteiger partial charge < -0.3 is 15.0 Å². The van der Waals surface area contributed by atoms with Gasteiger partial charge in [0, 0.05) is 19.0 Å². The number of hydrogen-bond donors (Lipinski definition) is 2. The van der Waals surface area contributed by atoms with Crippen LogP contribution >= 0.6 is 0 Å². The summed E-state index contributed by atoms with van der Waals surface area (Å²) in [6, 6.07) is 4.03. The maximum Gasteiger partial charge on any atom is 0.255 e. The second-order valence-corrected chi connectivity index (χ2v) is 6.82. The fourth-order valence-electron chi connectivity index (χ4n) is 3.39. The highest BCUT2D eigenvalue weighted by Gasteiger charge is 2.33. The van der Waals surface area contributed by atoms with E-state index in [4.69, 9.17) is 4.74 Å². The zero-order valence-corrected chi connectivity index (χ0v) is 15.2. The molecular weight excluding hydrogens is 350 g/mol. The van der Waals surface area contributed by atoms with E-state index in [-0.39, 0.29) is 36.0 Å². The molecule has 2 aliphatic rings. The molecule has 2 aliphatic heterocycles. The summed E-state index contributed by atoms with van der Waals surface area (Å²) in [6.45, 7) is 1.75. The summed E-state index contributed by atoms with van der Waals surface area (Å²) in [4.78, 5) is 49.0. The zero-order chi connectivity index (χ0) is 19.4. The van der Waals surface area contributed by atoms with Crippen molar-refractivity contribution in [3.05, 3.63) is 29.3 Å². The molecule has 8 heteroatoms. The van der Waals surface area contributed by atoms with Gasteiger partial charge in [0.05, 0.1) is 5.56 Å². The van der Waals surface area contributed by atoms with Crippen LogP contribution in [0.15, 0.2) is 18.2 Å². The first kappa shape index (κ1) is 19.0. The van der Waals surface area contributed by atoms with Crippen LogP contribution in [0.2, 0.25) is 0 Å². The topological polar surface area (TPSA) is 105 Å². The number of imide groups is 1. The molecule has 27 heavy (non-hydrogen) atoms. The van der Waals surface area contributed by atoms with E-state index in [9.17, 15) is 19.2 Å². The minimum atomic E-state index is -0.747. The van der Waals surface area contributed by atoms with Crippen LogP contribution in [0.1, 0.15) is 46.4 Å². The summed E-state index contributed by atoms with van der Waals surface area (Å²) >= 11 is 0. The smallest absolute Gasteiger partial charge is 0.255 e. The first-order valence-electron chi connectivity index (χ1n) is 9.07. The number of nitrogens with zero attached hydrogens (tertiary/aromatic N) is 1. The average Bonchev–Trinajstić information content (AvgIpc) is 2.67. The molecule has 0 spiro atoms. The molecule has 1 unspecified atom stereocenters. The van der Waals surface area contributed by atoms with Crippen molar-refractivity contribution in [2.45, 2.75) is 37.8 Å². The van der Waals surface area contributed by atoms with Crippen molar-refractivity contribution in [2.24, 2.45) is 0 Å². The standard InChI is InChI=1S/C19H23N3O5/c1-22(16-4-5-17(24)21-18(16)25)19(26)15-10-14(3-2-12(15)11-23)27-13-6-8-20-9-7-13/h2-3,10-11,13,16,20H,4-9H2,1H3,(H,21,24,25). The highest BCUT2D eigenvalue weighted by atomic mass is 16.5. The number of likely N-dealkylation sites (N-methyl/N-ethyl adjacent to an activating group) is 1. The highest BCUT2D eigenvalue weighted by Crippen LogP contribution is 2.23. The number of carbonyl (C=O) groups is 4. The number of ether oxygens (including phenoxy) is 1. The molecule has 1 atom stereocenters. The van der Waals surface area contributed by atoms with E-state index in [2.05, 4.69) is 10.6 Å². The molecule has 2 fully saturated rings. The number of piperidine rings is 2. The average molecular weight is 373 g/mol. The van der Waals surface area contributed by atoms with Crippen molar-refractivity contribution >= 4 is 24.0 Å². The predicted molar refractivity (Wildman–Crippen MR) is 96.6 cm³/mol. The number of benzene rings is 1. The zero-order valence-electron chi connectivity index (χ0n) is 15.2. The third-order valence-corrected chi connectivity index (χ3v) is 4.97. The van der Waals surface area contributed by atoms with Crippen LogP contribution in [0.3, 0.4) is 0 Å². The summed E-state index contributed by atoms with van der Waals surface area (Å²) in [5.74, 6) is -0.783.